The summed E-state index contributed by atoms with van der Waals surface area (Å²) in [6.45, 7) is 2.09. The van der Waals surface area contributed by atoms with E-state index >= 15 is 0 Å². The Labute approximate surface area is 303 Å². The first kappa shape index (κ1) is 32.7. The lowest BCUT2D eigenvalue weighted by molar-refractivity contribution is -0.135. The highest BCUT2D eigenvalue weighted by Crippen LogP contribution is 2.45. The number of pyridine rings is 1. The van der Waals surface area contributed by atoms with Gasteiger partial charge in [-0.05, 0) is 70.8 Å². The number of carboxylic acid groups (broad SMARTS) is 1. The molecule has 0 atom stereocenters. The summed E-state index contributed by atoms with van der Waals surface area (Å²) in [7, 11) is 1.65. The van der Waals surface area contributed by atoms with Gasteiger partial charge in [0.2, 0.25) is 5.91 Å². The molecule has 8 rings (SSSR count). The van der Waals surface area contributed by atoms with Gasteiger partial charge in [0.1, 0.15) is 17.2 Å². The summed E-state index contributed by atoms with van der Waals surface area (Å²) in [6.07, 6.45) is 0. The fourth-order valence-electron chi connectivity index (χ4n) is 6.78. The Kier molecular flexibility index (Phi) is 8.77. The zero-order valence-corrected chi connectivity index (χ0v) is 29.2. The minimum Gasteiger partial charge on any atom is -0.497 e. The third-order valence-electron chi connectivity index (χ3n) is 9.29. The molecule has 1 aliphatic rings. The molecule has 3 aromatic heterocycles. The van der Waals surface area contributed by atoms with Gasteiger partial charge >= 0.3 is 5.97 Å². The van der Waals surface area contributed by atoms with Crippen molar-refractivity contribution in [2.24, 2.45) is 0 Å². The Bertz CT molecular complexity index is 2430. The third-order valence-corrected chi connectivity index (χ3v) is 10.7. The van der Waals surface area contributed by atoms with Crippen LogP contribution in [0.2, 0.25) is 5.02 Å². The summed E-state index contributed by atoms with van der Waals surface area (Å²) in [6, 6.07) is 35.5. The Hall–Kier alpha value is -5.48. The van der Waals surface area contributed by atoms with Crippen LogP contribution >= 0.6 is 22.9 Å². The van der Waals surface area contributed by atoms with Gasteiger partial charge in [0.25, 0.3) is 0 Å². The maximum Gasteiger partial charge on any atom is 0.345 e. The van der Waals surface area contributed by atoms with Crippen molar-refractivity contribution in [3.8, 4) is 50.5 Å². The smallest absolute Gasteiger partial charge is 0.345 e. The summed E-state index contributed by atoms with van der Waals surface area (Å²) in [5.41, 5.74) is 8.85. The summed E-state index contributed by atoms with van der Waals surface area (Å²) in [5.74, 6) is -0.307. The number of carbonyl (C=O) groups is 2. The number of benzene rings is 4. The number of halogens is 1. The van der Waals surface area contributed by atoms with Gasteiger partial charge in [0.05, 0.1) is 47.4 Å². The molecule has 0 aliphatic carbocycles. The predicted molar refractivity (Wildman–Crippen MR) is 203 cm³/mol. The molecule has 1 fully saturated rings. The Morgan fingerprint density at radius 1 is 0.863 bits per heavy atom. The minimum absolute atomic E-state index is 0.0407. The number of amides is 1. The average molecular weight is 714 g/mol. The van der Waals surface area contributed by atoms with Gasteiger partial charge in [-0.25, -0.2) is 9.78 Å². The fourth-order valence-corrected chi connectivity index (χ4v) is 7.97. The third kappa shape index (κ3) is 6.25. The average Bonchev–Trinajstić information content (AvgIpc) is 3.73. The number of thiophene rings is 1. The zero-order valence-electron chi connectivity index (χ0n) is 27.6. The van der Waals surface area contributed by atoms with Gasteiger partial charge in [-0.1, -0.05) is 72.3 Å². The van der Waals surface area contributed by atoms with Crippen molar-refractivity contribution in [2.45, 2.75) is 6.54 Å². The first-order chi connectivity index (χ1) is 24.9. The maximum atomic E-state index is 13.8. The van der Waals surface area contributed by atoms with Gasteiger partial charge < -0.3 is 24.0 Å². The summed E-state index contributed by atoms with van der Waals surface area (Å²) < 4.78 is 13.9. The van der Waals surface area contributed by atoms with E-state index in [1.165, 1.54) is 11.3 Å². The normalized spacial score (nSPS) is 13.2. The zero-order chi connectivity index (χ0) is 35.1. The summed E-state index contributed by atoms with van der Waals surface area (Å²) in [5, 5.41) is 11.6. The molecule has 10 heteroatoms. The van der Waals surface area contributed by atoms with Crippen molar-refractivity contribution in [3.63, 3.8) is 0 Å². The van der Waals surface area contributed by atoms with Crippen molar-refractivity contribution in [2.75, 3.05) is 33.4 Å². The van der Waals surface area contributed by atoms with E-state index < -0.39 is 5.97 Å². The molecule has 0 saturated carbocycles. The molecule has 0 bridgehead atoms. The topological polar surface area (TPSA) is 93.9 Å². The number of rotatable bonds is 8. The van der Waals surface area contributed by atoms with E-state index in [2.05, 4.69) is 12.1 Å². The van der Waals surface area contributed by atoms with Gasteiger partial charge in [0.15, 0.2) is 0 Å². The molecule has 7 aromatic rings. The number of methoxy groups -OCH3 is 1. The van der Waals surface area contributed by atoms with Crippen LogP contribution in [0.25, 0.3) is 65.9 Å². The number of carboxylic acids is 1. The molecule has 1 saturated heterocycles. The van der Waals surface area contributed by atoms with Crippen LogP contribution in [0, 0.1) is 0 Å². The standard InChI is InChI=1S/C41H32ClN3O5S/c1-49-30-13-14-31(25-7-11-29(42)12-8-25)32(22-30)34-16-9-27-21-28(10-15-33(27)43-34)39-38(26-5-3-2-4-6-26)40-35(23-36(51-40)41(47)48)45(39)24-37(46)44-17-19-50-20-18-44/h2-16,21-23H,17-20,24H2,1H3,(H,47,48). The second-order valence-corrected chi connectivity index (χ2v) is 13.8. The van der Waals surface area contributed by atoms with Crippen LogP contribution in [0.4, 0.5) is 0 Å². The molecule has 0 radical (unpaired) electrons. The first-order valence-corrected chi connectivity index (χ1v) is 17.7. The minimum atomic E-state index is -0.995. The van der Waals surface area contributed by atoms with Crippen LogP contribution in [0.3, 0.4) is 0 Å². The Morgan fingerprint density at radius 3 is 2.37 bits per heavy atom. The number of hydrogen-bond acceptors (Lipinski definition) is 6. The second-order valence-electron chi connectivity index (χ2n) is 12.3. The lowest BCUT2D eigenvalue weighted by atomic mass is 9.96. The number of fused-ring (bicyclic) bond motifs is 2. The molecular formula is C41H32ClN3O5S. The van der Waals surface area contributed by atoms with E-state index in [0.717, 1.165) is 66.1 Å². The lowest BCUT2D eigenvalue weighted by Crippen LogP contribution is -2.42. The predicted octanol–water partition coefficient (Wildman–Crippen LogP) is 9.14. The molecule has 0 unspecified atom stereocenters. The molecule has 1 amide bonds. The molecule has 1 aliphatic heterocycles. The van der Waals surface area contributed by atoms with Crippen molar-refractivity contribution >= 4 is 55.9 Å². The highest BCUT2D eigenvalue weighted by molar-refractivity contribution is 7.21. The van der Waals surface area contributed by atoms with Gasteiger partial charge in [-0.15, -0.1) is 11.3 Å². The highest BCUT2D eigenvalue weighted by atomic mass is 35.5. The number of nitrogens with zero attached hydrogens (tertiary/aromatic N) is 3. The van der Waals surface area contributed by atoms with E-state index in [4.69, 9.17) is 26.1 Å². The summed E-state index contributed by atoms with van der Waals surface area (Å²) in [4.78, 5) is 33.1. The molecule has 4 heterocycles. The highest BCUT2D eigenvalue weighted by Gasteiger charge is 2.27. The quantitative estimate of drug-likeness (QED) is 0.169. The first-order valence-electron chi connectivity index (χ1n) is 16.5. The number of aromatic nitrogens is 2. The van der Waals surface area contributed by atoms with Crippen LogP contribution < -0.4 is 4.74 Å². The fraction of sp³-hybridized carbons (Fsp3) is 0.146. The van der Waals surface area contributed by atoms with Gasteiger partial charge in [0, 0.05) is 34.6 Å². The lowest BCUT2D eigenvalue weighted by Gasteiger charge is -2.27. The van der Waals surface area contributed by atoms with E-state index in [1.54, 1.807) is 13.2 Å². The monoisotopic (exact) mass is 713 g/mol. The number of aromatic carboxylic acids is 1. The van der Waals surface area contributed by atoms with Crippen LogP contribution in [0.1, 0.15) is 9.67 Å². The second kappa shape index (κ2) is 13.7. The van der Waals surface area contributed by atoms with Crippen LogP contribution in [-0.2, 0) is 16.1 Å². The van der Waals surface area contributed by atoms with Crippen molar-refractivity contribution in [3.05, 3.63) is 119 Å². The number of morpholine rings is 1. The van der Waals surface area contributed by atoms with Gasteiger partial charge in [-0.3, -0.25) is 4.79 Å². The molecular weight excluding hydrogens is 682 g/mol. The van der Waals surface area contributed by atoms with E-state index in [-0.39, 0.29) is 17.3 Å². The Balaban J connectivity index is 1.28. The molecule has 0 spiro atoms. The van der Waals surface area contributed by atoms with Crippen molar-refractivity contribution in [1.82, 2.24) is 14.5 Å². The number of carbonyl (C=O) groups excluding carboxylic acids is 1. The number of ether oxygens (including phenoxy) is 2. The molecule has 254 valence electrons. The van der Waals surface area contributed by atoms with Crippen LogP contribution in [0.5, 0.6) is 5.75 Å². The molecule has 8 nitrogen and oxygen atoms in total. The van der Waals surface area contributed by atoms with Crippen LogP contribution in [-0.4, -0.2) is 64.8 Å². The molecule has 1 N–H and O–H groups in total. The van der Waals surface area contributed by atoms with Crippen molar-refractivity contribution in [1.29, 1.82) is 0 Å². The largest absolute Gasteiger partial charge is 0.497 e. The van der Waals surface area contributed by atoms with E-state index in [9.17, 15) is 14.7 Å². The molecule has 4 aromatic carbocycles. The van der Waals surface area contributed by atoms with Crippen LogP contribution in [0.15, 0.2) is 109 Å². The maximum absolute atomic E-state index is 13.8. The number of hydrogen-bond donors (Lipinski definition) is 1. The van der Waals surface area contributed by atoms with Crippen molar-refractivity contribution < 1.29 is 24.2 Å². The van der Waals surface area contributed by atoms with E-state index in [1.807, 2.05) is 100 Å². The Morgan fingerprint density at radius 2 is 1.63 bits per heavy atom. The van der Waals surface area contributed by atoms with Gasteiger partial charge in [-0.2, -0.15) is 0 Å². The summed E-state index contributed by atoms with van der Waals surface area (Å²) >= 11 is 7.43. The molecule has 51 heavy (non-hydrogen) atoms. The SMILES string of the molecule is COc1ccc(-c2ccc(Cl)cc2)c(-c2ccc3cc(-c4c(-c5ccccc5)c5sc(C(=O)O)cc5n4CC(=O)N4CCOCC4)ccc3n2)c1. The van der Waals surface area contributed by atoms with E-state index in [0.29, 0.717) is 36.8 Å².